The molecule has 0 N–H and O–H groups in total. The summed E-state index contributed by atoms with van der Waals surface area (Å²) in [5, 5.41) is 0. The second-order valence-corrected chi connectivity index (χ2v) is 5.13. The first-order valence-electron chi connectivity index (χ1n) is 6.83. The molecule has 0 spiro atoms. The molecule has 0 saturated heterocycles. The first-order chi connectivity index (χ1) is 9.34. The first kappa shape index (κ1) is 12.0. The highest BCUT2D eigenvalue weighted by Crippen LogP contribution is 2.38. The molecule has 0 bridgehead atoms. The maximum Gasteiger partial charge on any atom is -0.00839 e. The quantitative estimate of drug-likeness (QED) is 0.720. The van der Waals surface area contributed by atoms with Crippen LogP contribution in [0.4, 0.5) is 0 Å². The van der Waals surface area contributed by atoms with E-state index in [1.165, 1.54) is 28.7 Å². The van der Waals surface area contributed by atoms with Crippen molar-refractivity contribution in [2.75, 3.05) is 0 Å². The van der Waals surface area contributed by atoms with Crippen molar-refractivity contribution in [2.24, 2.45) is 5.92 Å². The molecule has 0 amide bonds. The van der Waals surface area contributed by atoms with Gasteiger partial charge in [0.2, 0.25) is 0 Å². The molecule has 3 rings (SSSR count). The van der Waals surface area contributed by atoms with E-state index in [1.54, 1.807) is 0 Å². The van der Waals surface area contributed by atoms with Gasteiger partial charge in [-0.25, -0.2) is 0 Å². The fraction of sp³-hybridized carbons (Fsp3) is 0.158. The van der Waals surface area contributed by atoms with Crippen LogP contribution in [0.1, 0.15) is 17.5 Å². The Morgan fingerprint density at radius 2 is 1.58 bits per heavy atom. The summed E-state index contributed by atoms with van der Waals surface area (Å²) in [6.07, 6.45) is 4.62. The van der Waals surface area contributed by atoms with Crippen molar-refractivity contribution in [3.05, 3.63) is 90.0 Å². The summed E-state index contributed by atoms with van der Waals surface area (Å²) in [6, 6.07) is 21.2. The maximum atomic E-state index is 4.27. The summed E-state index contributed by atoms with van der Waals surface area (Å²) in [6.45, 7) is 4.27. The summed E-state index contributed by atoms with van der Waals surface area (Å²) in [4.78, 5) is 0. The average molecular weight is 246 g/mol. The van der Waals surface area contributed by atoms with Gasteiger partial charge in [0.05, 0.1) is 0 Å². The van der Waals surface area contributed by atoms with Crippen LogP contribution in [0, 0.1) is 5.92 Å². The first-order valence-corrected chi connectivity index (χ1v) is 6.83. The molecular weight excluding hydrogens is 228 g/mol. The lowest BCUT2D eigenvalue weighted by Gasteiger charge is -2.29. The van der Waals surface area contributed by atoms with Crippen LogP contribution in [-0.4, -0.2) is 0 Å². The number of hydrogen-bond acceptors (Lipinski definition) is 0. The third-order valence-corrected chi connectivity index (χ3v) is 3.86. The molecule has 1 aliphatic rings. The molecule has 2 aromatic carbocycles. The predicted molar refractivity (Wildman–Crippen MR) is 81.8 cm³/mol. The van der Waals surface area contributed by atoms with E-state index < -0.39 is 0 Å². The molecular formula is C19H18. The van der Waals surface area contributed by atoms with Gasteiger partial charge < -0.3 is 0 Å². The molecule has 2 aromatic rings. The molecule has 1 aliphatic carbocycles. The van der Waals surface area contributed by atoms with Crippen molar-refractivity contribution in [1.82, 2.24) is 0 Å². The molecule has 94 valence electrons. The van der Waals surface area contributed by atoms with E-state index in [0.717, 1.165) is 6.42 Å². The zero-order chi connectivity index (χ0) is 13.1. The largest absolute Gasteiger partial charge is 0.0909 e. The van der Waals surface area contributed by atoms with Crippen LogP contribution in [0.15, 0.2) is 78.9 Å². The Kier molecular flexibility index (Phi) is 3.33. The maximum absolute atomic E-state index is 4.27. The second kappa shape index (κ2) is 5.27. The highest BCUT2D eigenvalue weighted by atomic mass is 14.3. The molecule has 0 nitrogen and oxygen atoms in total. The van der Waals surface area contributed by atoms with E-state index in [4.69, 9.17) is 0 Å². The van der Waals surface area contributed by atoms with E-state index in [-0.39, 0.29) is 0 Å². The van der Waals surface area contributed by atoms with Gasteiger partial charge in [-0.05, 0) is 41.0 Å². The summed E-state index contributed by atoms with van der Waals surface area (Å²) >= 11 is 0. The molecule has 0 aromatic heterocycles. The van der Waals surface area contributed by atoms with Gasteiger partial charge in [-0.1, -0.05) is 73.3 Å². The lowest BCUT2D eigenvalue weighted by molar-refractivity contribution is 0.580. The van der Waals surface area contributed by atoms with Crippen LogP contribution in [0.5, 0.6) is 0 Å². The lowest BCUT2D eigenvalue weighted by atomic mass is 9.75. The fourth-order valence-electron chi connectivity index (χ4n) is 2.67. The topological polar surface area (TPSA) is 0 Å². The van der Waals surface area contributed by atoms with Crippen molar-refractivity contribution in [3.8, 4) is 0 Å². The highest BCUT2D eigenvalue weighted by molar-refractivity contribution is 5.79. The summed E-state index contributed by atoms with van der Waals surface area (Å²) in [5.74, 6) is 0.634. The molecule has 0 saturated carbocycles. The minimum atomic E-state index is 0.634. The van der Waals surface area contributed by atoms with Crippen molar-refractivity contribution in [1.29, 1.82) is 0 Å². The number of benzene rings is 2. The smallest absolute Gasteiger partial charge is 0.00839 e. The van der Waals surface area contributed by atoms with Gasteiger partial charge in [0.25, 0.3) is 0 Å². The fourth-order valence-corrected chi connectivity index (χ4v) is 2.67. The zero-order valence-electron chi connectivity index (χ0n) is 11.0. The molecule has 0 heterocycles. The third kappa shape index (κ3) is 2.53. The van der Waals surface area contributed by atoms with Crippen molar-refractivity contribution in [2.45, 2.75) is 12.8 Å². The minimum absolute atomic E-state index is 0.634. The van der Waals surface area contributed by atoms with Crippen LogP contribution in [0.25, 0.3) is 5.57 Å². The minimum Gasteiger partial charge on any atom is -0.0909 e. The SMILES string of the molecule is C=C(C1=CCC1Cc1ccccc1)c1ccccc1. The molecule has 0 heteroatoms. The van der Waals surface area contributed by atoms with Crippen molar-refractivity contribution in [3.63, 3.8) is 0 Å². The molecule has 1 atom stereocenters. The predicted octanol–water partition coefficient (Wildman–Crippen LogP) is 4.89. The van der Waals surface area contributed by atoms with Crippen LogP contribution >= 0.6 is 0 Å². The number of allylic oxidation sites excluding steroid dienone is 3. The van der Waals surface area contributed by atoms with Crippen LogP contribution in [0.2, 0.25) is 0 Å². The van der Waals surface area contributed by atoms with Gasteiger partial charge in [-0.2, -0.15) is 0 Å². The summed E-state index contributed by atoms with van der Waals surface area (Å²) < 4.78 is 0. The Balaban J connectivity index is 1.72. The lowest BCUT2D eigenvalue weighted by Crippen LogP contribution is -2.16. The van der Waals surface area contributed by atoms with Gasteiger partial charge in [0.1, 0.15) is 0 Å². The monoisotopic (exact) mass is 246 g/mol. The van der Waals surface area contributed by atoms with Gasteiger partial charge in [0.15, 0.2) is 0 Å². The standard InChI is InChI=1S/C19H18/c1-15(17-10-6-3-7-11-17)19-13-12-18(19)14-16-8-4-2-5-9-16/h2-11,13,18H,1,12,14H2. The second-order valence-electron chi connectivity index (χ2n) is 5.13. The Morgan fingerprint density at radius 3 is 2.16 bits per heavy atom. The normalized spacial score (nSPS) is 17.5. The van der Waals surface area contributed by atoms with Gasteiger partial charge in [0, 0.05) is 0 Å². The molecule has 0 fully saturated rings. The van der Waals surface area contributed by atoms with Crippen LogP contribution in [0.3, 0.4) is 0 Å². The van der Waals surface area contributed by atoms with Crippen molar-refractivity contribution >= 4 is 5.57 Å². The Hall–Kier alpha value is -2.08. The number of hydrogen-bond donors (Lipinski definition) is 0. The summed E-state index contributed by atoms with van der Waals surface area (Å²) in [5.41, 5.74) is 5.27. The van der Waals surface area contributed by atoms with E-state index in [0.29, 0.717) is 5.92 Å². The van der Waals surface area contributed by atoms with Gasteiger partial charge in [-0.3, -0.25) is 0 Å². The van der Waals surface area contributed by atoms with E-state index in [1.807, 2.05) is 6.07 Å². The molecule has 0 radical (unpaired) electrons. The molecule has 1 unspecified atom stereocenters. The van der Waals surface area contributed by atoms with Gasteiger partial charge >= 0.3 is 0 Å². The van der Waals surface area contributed by atoms with E-state index in [9.17, 15) is 0 Å². The zero-order valence-corrected chi connectivity index (χ0v) is 11.0. The Labute approximate surface area is 115 Å². The van der Waals surface area contributed by atoms with E-state index >= 15 is 0 Å². The Bertz CT molecular complexity index is 590. The van der Waals surface area contributed by atoms with Crippen LogP contribution in [-0.2, 0) is 6.42 Å². The van der Waals surface area contributed by atoms with E-state index in [2.05, 4.69) is 67.3 Å². The molecule has 0 aliphatic heterocycles. The van der Waals surface area contributed by atoms with Gasteiger partial charge in [-0.15, -0.1) is 0 Å². The summed E-state index contributed by atoms with van der Waals surface area (Å²) in [7, 11) is 0. The number of rotatable bonds is 4. The third-order valence-electron chi connectivity index (χ3n) is 3.86. The molecule has 19 heavy (non-hydrogen) atoms. The Morgan fingerprint density at radius 1 is 0.947 bits per heavy atom. The average Bonchev–Trinajstić information content (AvgIpc) is 2.46. The van der Waals surface area contributed by atoms with Crippen molar-refractivity contribution < 1.29 is 0 Å². The van der Waals surface area contributed by atoms with Crippen LogP contribution < -0.4 is 0 Å². The highest BCUT2D eigenvalue weighted by Gasteiger charge is 2.24.